The molecule has 0 aliphatic carbocycles. The molecule has 2 atom stereocenters. The van der Waals surface area contributed by atoms with Gasteiger partial charge in [-0.3, -0.25) is 9.69 Å². The Kier molecular flexibility index (Phi) is 7.80. The van der Waals surface area contributed by atoms with Gasteiger partial charge < -0.3 is 9.40 Å². The van der Waals surface area contributed by atoms with Crippen LogP contribution in [0.3, 0.4) is 0 Å². The molecule has 6 nitrogen and oxygen atoms in total. The van der Waals surface area contributed by atoms with Crippen LogP contribution in [0.15, 0.2) is 59.4 Å². The van der Waals surface area contributed by atoms with Gasteiger partial charge in [-0.15, -0.1) is 0 Å². The number of para-hydroxylation sites is 1. The van der Waals surface area contributed by atoms with E-state index in [1.54, 1.807) is 18.2 Å². The summed E-state index contributed by atoms with van der Waals surface area (Å²) >= 11 is 0. The lowest BCUT2D eigenvalue weighted by atomic mass is 9.97. The van der Waals surface area contributed by atoms with Crippen LogP contribution in [0.4, 0.5) is 0 Å². The van der Waals surface area contributed by atoms with Crippen LogP contribution in [0.5, 0.6) is 0 Å². The molecule has 34 heavy (non-hydrogen) atoms. The SMILES string of the molecule is CC1CCCC(C)N1CCCCCn1c(=O)c(-c2cccc(C(=O)ON)c2)cc2ccccc21. The van der Waals surface area contributed by atoms with E-state index in [1.165, 1.54) is 19.3 Å². The average Bonchev–Trinajstić information content (AvgIpc) is 2.85. The van der Waals surface area contributed by atoms with Gasteiger partial charge in [0.15, 0.2) is 0 Å². The van der Waals surface area contributed by atoms with Crippen molar-refractivity contribution < 1.29 is 9.63 Å². The molecule has 6 heteroatoms. The molecular formula is C28H35N3O3. The number of aromatic nitrogens is 1. The standard InChI is InChI=1S/C28H35N3O3/c1-20-10-8-11-21(2)30(20)16-6-3-7-17-31-26-15-5-4-12-23(26)19-25(27(31)32)22-13-9-14-24(18-22)28(33)34-29/h4-5,9,12-15,18-21H,3,6-8,10-11,16-17,29H2,1-2H3. The fourth-order valence-corrected chi connectivity index (χ4v) is 5.29. The first-order valence-electron chi connectivity index (χ1n) is 12.4. The number of aryl methyl sites for hydroxylation is 1. The zero-order valence-corrected chi connectivity index (χ0v) is 20.2. The van der Waals surface area contributed by atoms with Crippen molar-refractivity contribution in [1.82, 2.24) is 9.47 Å². The molecule has 1 aliphatic heterocycles. The molecule has 0 amide bonds. The van der Waals surface area contributed by atoms with E-state index < -0.39 is 5.97 Å². The number of hydrogen-bond acceptors (Lipinski definition) is 5. The summed E-state index contributed by atoms with van der Waals surface area (Å²) < 4.78 is 1.88. The summed E-state index contributed by atoms with van der Waals surface area (Å²) in [5, 5.41) is 1.000. The summed E-state index contributed by atoms with van der Waals surface area (Å²) in [5.41, 5.74) is 2.46. The van der Waals surface area contributed by atoms with Crippen LogP contribution in [-0.2, 0) is 11.4 Å². The minimum Gasteiger partial charge on any atom is -0.370 e. The Morgan fingerprint density at radius 3 is 2.47 bits per heavy atom. The van der Waals surface area contributed by atoms with Crippen molar-refractivity contribution in [2.45, 2.75) is 71.0 Å². The largest absolute Gasteiger partial charge is 0.370 e. The number of nitrogens with zero attached hydrogens (tertiary/aromatic N) is 2. The number of unbranched alkanes of at least 4 members (excludes halogenated alkanes) is 2. The van der Waals surface area contributed by atoms with E-state index in [9.17, 15) is 9.59 Å². The van der Waals surface area contributed by atoms with Gasteiger partial charge >= 0.3 is 5.97 Å². The highest BCUT2D eigenvalue weighted by molar-refractivity contribution is 5.91. The Morgan fingerprint density at radius 1 is 0.971 bits per heavy atom. The molecule has 1 aliphatic rings. The van der Waals surface area contributed by atoms with Crippen molar-refractivity contribution >= 4 is 16.9 Å². The zero-order valence-electron chi connectivity index (χ0n) is 20.2. The van der Waals surface area contributed by atoms with Crippen molar-refractivity contribution in [2.24, 2.45) is 5.90 Å². The van der Waals surface area contributed by atoms with Crippen LogP contribution in [0.2, 0.25) is 0 Å². The molecule has 1 saturated heterocycles. The van der Waals surface area contributed by atoms with E-state index >= 15 is 0 Å². The number of fused-ring (bicyclic) bond motifs is 1. The number of hydrogen-bond donors (Lipinski definition) is 1. The summed E-state index contributed by atoms with van der Waals surface area (Å²) in [4.78, 5) is 32.4. The van der Waals surface area contributed by atoms with Gasteiger partial charge in [0.2, 0.25) is 0 Å². The topological polar surface area (TPSA) is 77.6 Å². The molecule has 0 spiro atoms. The number of rotatable bonds is 8. The predicted octanol–water partition coefficient (Wildman–Crippen LogP) is 5.13. The van der Waals surface area contributed by atoms with E-state index in [-0.39, 0.29) is 5.56 Å². The smallest absolute Gasteiger partial charge is 0.356 e. The quantitative estimate of drug-likeness (QED) is 0.372. The second-order valence-corrected chi connectivity index (χ2v) is 9.49. The van der Waals surface area contributed by atoms with Gasteiger partial charge in [-0.1, -0.05) is 43.2 Å². The first kappa shape index (κ1) is 24.2. The van der Waals surface area contributed by atoms with Crippen LogP contribution < -0.4 is 11.5 Å². The average molecular weight is 462 g/mol. The molecule has 2 aromatic carbocycles. The maximum Gasteiger partial charge on any atom is 0.356 e. The number of carbonyl (C=O) groups is 1. The summed E-state index contributed by atoms with van der Waals surface area (Å²) in [5.74, 6) is 4.42. The highest BCUT2D eigenvalue weighted by atomic mass is 16.7. The third-order valence-electron chi connectivity index (χ3n) is 7.19. The fourth-order valence-electron chi connectivity index (χ4n) is 5.29. The highest BCUT2D eigenvalue weighted by Gasteiger charge is 2.23. The second-order valence-electron chi connectivity index (χ2n) is 9.49. The van der Waals surface area contributed by atoms with Gasteiger partial charge in [-0.2, -0.15) is 5.90 Å². The molecule has 1 fully saturated rings. The maximum absolute atomic E-state index is 13.5. The molecule has 2 N–H and O–H groups in total. The minimum atomic E-state index is -0.625. The van der Waals surface area contributed by atoms with Crippen molar-refractivity contribution in [3.8, 4) is 11.1 Å². The Balaban J connectivity index is 1.53. The van der Waals surface area contributed by atoms with Gasteiger partial charge in [0.1, 0.15) is 0 Å². The van der Waals surface area contributed by atoms with E-state index in [1.807, 2.05) is 41.0 Å². The van der Waals surface area contributed by atoms with Gasteiger partial charge in [-0.05, 0) is 81.3 Å². The molecule has 3 aromatic rings. The number of piperidine rings is 1. The summed E-state index contributed by atoms with van der Waals surface area (Å²) in [6.45, 7) is 6.48. The van der Waals surface area contributed by atoms with Crippen LogP contribution in [-0.4, -0.2) is 34.1 Å². The number of likely N-dealkylation sites (tertiary alicyclic amines) is 1. The van der Waals surface area contributed by atoms with E-state index in [0.29, 0.717) is 35.3 Å². The molecule has 0 radical (unpaired) electrons. The molecule has 2 unspecified atom stereocenters. The van der Waals surface area contributed by atoms with Crippen molar-refractivity contribution in [2.75, 3.05) is 6.54 Å². The molecule has 0 bridgehead atoms. The highest BCUT2D eigenvalue weighted by Crippen LogP contribution is 2.24. The Bertz CT molecular complexity index is 1190. The lowest BCUT2D eigenvalue weighted by molar-refractivity contribution is 0.0503. The number of pyridine rings is 1. The minimum absolute atomic E-state index is 0.0461. The zero-order chi connectivity index (χ0) is 24.1. The first-order chi connectivity index (χ1) is 16.5. The molecule has 180 valence electrons. The van der Waals surface area contributed by atoms with Crippen molar-refractivity contribution in [1.29, 1.82) is 0 Å². The molecule has 4 rings (SSSR count). The predicted molar refractivity (Wildman–Crippen MR) is 137 cm³/mol. The third kappa shape index (κ3) is 5.24. The number of benzene rings is 2. The van der Waals surface area contributed by atoms with Crippen LogP contribution in [0.25, 0.3) is 22.0 Å². The lowest BCUT2D eigenvalue weighted by Crippen LogP contribution is -2.44. The molecule has 2 heterocycles. The molecular weight excluding hydrogens is 426 g/mol. The molecule has 0 saturated carbocycles. The van der Waals surface area contributed by atoms with Gasteiger partial charge in [-0.25, -0.2) is 4.79 Å². The number of nitrogens with two attached hydrogens (primary N) is 1. The van der Waals surface area contributed by atoms with E-state index in [4.69, 9.17) is 5.90 Å². The van der Waals surface area contributed by atoms with Crippen molar-refractivity contribution in [3.63, 3.8) is 0 Å². The van der Waals surface area contributed by atoms with Crippen LogP contribution in [0.1, 0.15) is 62.7 Å². The van der Waals surface area contributed by atoms with Gasteiger partial charge in [0.05, 0.1) is 11.1 Å². The first-order valence-corrected chi connectivity index (χ1v) is 12.4. The normalized spacial score (nSPS) is 18.8. The third-order valence-corrected chi connectivity index (χ3v) is 7.19. The lowest BCUT2D eigenvalue weighted by Gasteiger charge is -2.39. The Labute approximate surface area is 201 Å². The van der Waals surface area contributed by atoms with E-state index in [0.717, 1.165) is 36.7 Å². The molecule has 1 aromatic heterocycles. The maximum atomic E-state index is 13.5. The van der Waals surface area contributed by atoms with Gasteiger partial charge in [0, 0.05) is 24.2 Å². The second kappa shape index (κ2) is 11.0. The van der Waals surface area contributed by atoms with E-state index in [2.05, 4.69) is 23.6 Å². The van der Waals surface area contributed by atoms with Crippen LogP contribution >= 0.6 is 0 Å². The Morgan fingerprint density at radius 2 is 1.71 bits per heavy atom. The monoisotopic (exact) mass is 461 g/mol. The van der Waals surface area contributed by atoms with Crippen molar-refractivity contribution in [3.05, 3.63) is 70.5 Å². The Hall–Kier alpha value is -2.96. The summed E-state index contributed by atoms with van der Waals surface area (Å²) in [7, 11) is 0. The van der Waals surface area contributed by atoms with Gasteiger partial charge in [0.25, 0.3) is 5.56 Å². The fraction of sp³-hybridized carbons (Fsp3) is 0.429. The number of carbonyl (C=O) groups excluding carboxylic acids is 1. The summed E-state index contributed by atoms with van der Waals surface area (Å²) in [6, 6.07) is 18.1. The van der Waals surface area contributed by atoms with Crippen LogP contribution in [0, 0.1) is 0 Å². The summed E-state index contributed by atoms with van der Waals surface area (Å²) in [6.07, 6.45) is 7.10.